The van der Waals surface area contributed by atoms with Gasteiger partial charge in [0.1, 0.15) is 0 Å². The largest absolute Gasteiger partial charge is 0.418 e. The second-order valence-corrected chi connectivity index (χ2v) is 6.10. The van der Waals surface area contributed by atoms with E-state index in [1.165, 1.54) is 18.2 Å². The number of halogens is 3. The van der Waals surface area contributed by atoms with Crippen molar-refractivity contribution in [2.24, 2.45) is 5.92 Å². The van der Waals surface area contributed by atoms with Gasteiger partial charge in [-0.2, -0.15) is 13.2 Å². The Morgan fingerprint density at radius 1 is 1.00 bits per heavy atom. The summed E-state index contributed by atoms with van der Waals surface area (Å²) in [6.45, 7) is 3.95. The number of para-hydroxylation sites is 1. The number of amides is 1. The van der Waals surface area contributed by atoms with Gasteiger partial charge >= 0.3 is 6.18 Å². The average molecular weight is 350 g/mol. The lowest BCUT2D eigenvalue weighted by molar-refractivity contribution is -0.137. The van der Waals surface area contributed by atoms with Crippen molar-refractivity contribution < 1.29 is 18.0 Å². The topological polar surface area (TPSA) is 41.1 Å². The molecular formula is C19H21F3N2O. The molecule has 2 aromatic carbocycles. The van der Waals surface area contributed by atoms with Crippen LogP contribution in [0.4, 0.5) is 18.9 Å². The first-order valence-corrected chi connectivity index (χ1v) is 8.03. The summed E-state index contributed by atoms with van der Waals surface area (Å²) in [7, 11) is 0. The lowest BCUT2D eigenvalue weighted by Gasteiger charge is -2.23. The number of nitrogens with one attached hydrogen (secondary N) is 2. The molecule has 6 heteroatoms. The van der Waals surface area contributed by atoms with Gasteiger partial charge in [-0.1, -0.05) is 56.3 Å². The van der Waals surface area contributed by atoms with Crippen LogP contribution in [0, 0.1) is 5.92 Å². The van der Waals surface area contributed by atoms with Gasteiger partial charge < -0.3 is 10.6 Å². The molecule has 0 aromatic heterocycles. The SMILES string of the molecule is CC(C)[C@@H](NCC(=O)Nc1ccccc1C(F)(F)F)c1ccccc1. The molecule has 1 amide bonds. The number of alkyl halides is 3. The zero-order valence-corrected chi connectivity index (χ0v) is 14.1. The van der Waals surface area contributed by atoms with Crippen molar-refractivity contribution in [3.63, 3.8) is 0 Å². The average Bonchev–Trinajstić information content (AvgIpc) is 2.55. The molecule has 0 fully saturated rings. The monoisotopic (exact) mass is 350 g/mol. The second kappa shape index (κ2) is 8.16. The minimum Gasteiger partial charge on any atom is -0.324 e. The van der Waals surface area contributed by atoms with Crippen LogP contribution in [0.1, 0.15) is 31.0 Å². The number of rotatable bonds is 6. The highest BCUT2D eigenvalue weighted by molar-refractivity contribution is 5.93. The number of carbonyl (C=O) groups is 1. The van der Waals surface area contributed by atoms with Crippen LogP contribution in [0.3, 0.4) is 0 Å². The van der Waals surface area contributed by atoms with E-state index in [2.05, 4.69) is 10.6 Å². The molecule has 0 heterocycles. The predicted molar refractivity (Wildman–Crippen MR) is 92.1 cm³/mol. The van der Waals surface area contributed by atoms with Gasteiger partial charge in [0.05, 0.1) is 17.8 Å². The first kappa shape index (κ1) is 19.0. The Balaban J connectivity index is 2.03. The number of carbonyl (C=O) groups excluding carboxylic acids is 1. The Hall–Kier alpha value is -2.34. The Kier molecular flexibility index (Phi) is 6.20. The van der Waals surface area contributed by atoms with E-state index >= 15 is 0 Å². The minimum absolute atomic E-state index is 0.0650. The standard InChI is InChI=1S/C19H21F3N2O/c1-13(2)18(14-8-4-3-5-9-14)23-12-17(25)24-16-11-7-6-10-15(16)19(20,21)22/h3-11,13,18,23H,12H2,1-2H3,(H,24,25)/t18-/m1/s1. The Bertz CT molecular complexity index is 699. The quantitative estimate of drug-likeness (QED) is 0.797. The van der Waals surface area contributed by atoms with Gasteiger partial charge in [0.15, 0.2) is 0 Å². The zero-order valence-electron chi connectivity index (χ0n) is 14.1. The van der Waals surface area contributed by atoms with Gasteiger partial charge in [-0.15, -0.1) is 0 Å². The molecule has 134 valence electrons. The normalized spacial score (nSPS) is 12.9. The molecule has 2 rings (SSSR count). The number of anilines is 1. The molecule has 0 aliphatic carbocycles. The fourth-order valence-corrected chi connectivity index (χ4v) is 2.64. The summed E-state index contributed by atoms with van der Waals surface area (Å²) < 4.78 is 38.9. The smallest absolute Gasteiger partial charge is 0.324 e. The maximum absolute atomic E-state index is 13.0. The van der Waals surface area contributed by atoms with Crippen molar-refractivity contribution in [1.82, 2.24) is 5.32 Å². The highest BCUT2D eigenvalue weighted by atomic mass is 19.4. The predicted octanol–water partition coefficient (Wildman–Crippen LogP) is 4.63. The lowest BCUT2D eigenvalue weighted by Crippen LogP contribution is -2.34. The summed E-state index contributed by atoms with van der Waals surface area (Å²) >= 11 is 0. The van der Waals surface area contributed by atoms with Gasteiger partial charge in [0.25, 0.3) is 0 Å². The van der Waals surface area contributed by atoms with Crippen molar-refractivity contribution in [2.45, 2.75) is 26.1 Å². The summed E-state index contributed by atoms with van der Waals surface area (Å²) in [5, 5.41) is 5.46. The summed E-state index contributed by atoms with van der Waals surface area (Å²) in [6, 6.07) is 14.5. The molecule has 0 saturated heterocycles. The molecular weight excluding hydrogens is 329 g/mol. The molecule has 0 saturated carbocycles. The maximum atomic E-state index is 13.0. The molecule has 25 heavy (non-hydrogen) atoms. The van der Waals surface area contributed by atoms with Crippen molar-refractivity contribution in [3.8, 4) is 0 Å². The summed E-state index contributed by atoms with van der Waals surface area (Å²) in [6.07, 6.45) is -4.51. The molecule has 3 nitrogen and oxygen atoms in total. The van der Waals surface area contributed by atoms with Crippen molar-refractivity contribution in [3.05, 3.63) is 65.7 Å². The summed E-state index contributed by atoms with van der Waals surface area (Å²) in [5.41, 5.74) is -0.0598. The zero-order chi connectivity index (χ0) is 18.4. The Morgan fingerprint density at radius 3 is 2.20 bits per heavy atom. The summed E-state index contributed by atoms with van der Waals surface area (Å²) in [4.78, 5) is 12.1. The van der Waals surface area contributed by atoms with Crippen LogP contribution in [0.5, 0.6) is 0 Å². The highest BCUT2D eigenvalue weighted by Crippen LogP contribution is 2.34. The number of hydrogen-bond donors (Lipinski definition) is 2. The van der Waals surface area contributed by atoms with Crippen LogP contribution in [-0.4, -0.2) is 12.5 Å². The molecule has 0 unspecified atom stereocenters. The molecule has 0 radical (unpaired) electrons. The van der Waals surface area contributed by atoms with Gasteiger partial charge in [-0.25, -0.2) is 0 Å². The van der Waals surface area contributed by atoms with Gasteiger partial charge in [0.2, 0.25) is 5.91 Å². The third-order valence-corrected chi connectivity index (χ3v) is 3.81. The van der Waals surface area contributed by atoms with Crippen molar-refractivity contribution in [2.75, 3.05) is 11.9 Å². The highest BCUT2D eigenvalue weighted by Gasteiger charge is 2.33. The van der Waals surface area contributed by atoms with Crippen LogP contribution in [0.15, 0.2) is 54.6 Å². The fourth-order valence-electron chi connectivity index (χ4n) is 2.64. The van der Waals surface area contributed by atoms with Crippen molar-refractivity contribution in [1.29, 1.82) is 0 Å². The first-order valence-electron chi connectivity index (χ1n) is 8.03. The van der Waals surface area contributed by atoms with Crippen LogP contribution in [0.25, 0.3) is 0 Å². The number of hydrogen-bond acceptors (Lipinski definition) is 2. The maximum Gasteiger partial charge on any atom is 0.418 e. The van der Waals surface area contributed by atoms with Crippen molar-refractivity contribution >= 4 is 11.6 Å². The lowest BCUT2D eigenvalue weighted by atomic mass is 9.96. The second-order valence-electron chi connectivity index (χ2n) is 6.10. The fraction of sp³-hybridized carbons (Fsp3) is 0.316. The molecule has 0 spiro atoms. The van der Waals surface area contributed by atoms with Crippen LogP contribution in [-0.2, 0) is 11.0 Å². The van der Waals surface area contributed by atoms with Gasteiger partial charge in [-0.3, -0.25) is 4.79 Å². The Morgan fingerprint density at radius 2 is 1.60 bits per heavy atom. The van der Waals surface area contributed by atoms with E-state index in [-0.39, 0.29) is 24.2 Å². The number of benzene rings is 2. The van der Waals surface area contributed by atoms with E-state index < -0.39 is 17.6 Å². The van der Waals surface area contributed by atoms with E-state index in [4.69, 9.17) is 0 Å². The minimum atomic E-state index is -4.51. The molecule has 0 aliphatic rings. The van der Waals surface area contributed by atoms with Gasteiger partial charge in [-0.05, 0) is 23.6 Å². The van der Waals surface area contributed by atoms with Crippen LogP contribution < -0.4 is 10.6 Å². The first-order chi connectivity index (χ1) is 11.8. The van der Waals surface area contributed by atoms with Crippen LogP contribution >= 0.6 is 0 Å². The van der Waals surface area contributed by atoms with E-state index in [9.17, 15) is 18.0 Å². The van der Waals surface area contributed by atoms with E-state index in [1.807, 2.05) is 44.2 Å². The summed E-state index contributed by atoms with van der Waals surface area (Å²) in [5.74, 6) is -0.295. The third kappa shape index (κ3) is 5.32. The van der Waals surface area contributed by atoms with E-state index in [0.29, 0.717) is 0 Å². The van der Waals surface area contributed by atoms with E-state index in [0.717, 1.165) is 11.6 Å². The molecule has 0 bridgehead atoms. The van der Waals surface area contributed by atoms with Gasteiger partial charge in [0, 0.05) is 6.04 Å². The Labute approximate surface area is 145 Å². The molecule has 2 N–H and O–H groups in total. The third-order valence-electron chi connectivity index (χ3n) is 3.81. The molecule has 2 aromatic rings. The van der Waals surface area contributed by atoms with Crippen LogP contribution in [0.2, 0.25) is 0 Å². The molecule has 1 atom stereocenters. The molecule has 0 aliphatic heterocycles. The van der Waals surface area contributed by atoms with E-state index in [1.54, 1.807) is 0 Å².